The maximum Gasteiger partial charge on any atom is 0.165 e. The van der Waals surface area contributed by atoms with Crippen LogP contribution in [-0.4, -0.2) is 34.0 Å². The highest BCUT2D eigenvalue weighted by molar-refractivity contribution is 7.14. The standard InChI is InChI=1S/C9H13N5S/c1-10-5-2-3-8-13-14-9(15-8)7-4-6-11-12-7/h4,6,10H,2-3,5H2,1H3,(H,11,12). The fourth-order valence-corrected chi connectivity index (χ4v) is 2.11. The summed E-state index contributed by atoms with van der Waals surface area (Å²) in [5, 5.41) is 20.1. The Hall–Kier alpha value is -1.27. The van der Waals surface area contributed by atoms with Crippen LogP contribution in [0.1, 0.15) is 11.4 Å². The molecule has 2 heterocycles. The number of rotatable bonds is 5. The zero-order chi connectivity index (χ0) is 10.5. The van der Waals surface area contributed by atoms with Crippen molar-refractivity contribution >= 4 is 11.3 Å². The molecule has 0 amide bonds. The quantitative estimate of drug-likeness (QED) is 0.744. The first-order valence-electron chi connectivity index (χ1n) is 4.87. The number of nitrogens with one attached hydrogen (secondary N) is 2. The minimum absolute atomic E-state index is 0.909. The van der Waals surface area contributed by atoms with Crippen LogP contribution < -0.4 is 5.32 Å². The Morgan fingerprint density at radius 3 is 3.13 bits per heavy atom. The second-order valence-corrected chi connectivity index (χ2v) is 4.24. The number of hydrogen-bond donors (Lipinski definition) is 2. The van der Waals surface area contributed by atoms with Crippen molar-refractivity contribution in [3.8, 4) is 10.7 Å². The van der Waals surface area contributed by atoms with E-state index in [9.17, 15) is 0 Å². The van der Waals surface area contributed by atoms with Gasteiger partial charge in [-0.25, -0.2) is 0 Å². The first-order chi connectivity index (χ1) is 7.40. The highest BCUT2D eigenvalue weighted by atomic mass is 32.1. The fraction of sp³-hybridized carbons (Fsp3) is 0.444. The first kappa shape index (κ1) is 10.3. The highest BCUT2D eigenvalue weighted by Crippen LogP contribution is 2.21. The summed E-state index contributed by atoms with van der Waals surface area (Å²) in [5.74, 6) is 0. The minimum Gasteiger partial charge on any atom is -0.320 e. The number of aromatic amines is 1. The maximum atomic E-state index is 4.14. The van der Waals surface area contributed by atoms with E-state index in [-0.39, 0.29) is 0 Å². The van der Waals surface area contributed by atoms with Crippen LogP contribution in [0.25, 0.3) is 10.7 Å². The Bertz CT molecular complexity index is 394. The van der Waals surface area contributed by atoms with Crippen LogP contribution in [0.5, 0.6) is 0 Å². The summed E-state index contributed by atoms with van der Waals surface area (Å²) in [6.45, 7) is 1.01. The number of hydrogen-bond acceptors (Lipinski definition) is 5. The van der Waals surface area contributed by atoms with E-state index in [1.54, 1.807) is 17.5 Å². The lowest BCUT2D eigenvalue weighted by molar-refractivity contribution is 0.718. The Morgan fingerprint density at radius 2 is 2.40 bits per heavy atom. The van der Waals surface area contributed by atoms with Gasteiger partial charge < -0.3 is 5.32 Å². The third kappa shape index (κ3) is 2.60. The van der Waals surface area contributed by atoms with E-state index < -0.39 is 0 Å². The highest BCUT2D eigenvalue weighted by Gasteiger charge is 2.06. The predicted molar refractivity (Wildman–Crippen MR) is 59.7 cm³/mol. The SMILES string of the molecule is CNCCCc1nnc(-c2ccn[nH]2)s1. The molecule has 0 radical (unpaired) electrons. The number of aromatic nitrogens is 4. The van der Waals surface area contributed by atoms with E-state index >= 15 is 0 Å². The van der Waals surface area contributed by atoms with Crippen LogP contribution in [0.2, 0.25) is 0 Å². The topological polar surface area (TPSA) is 66.5 Å². The summed E-state index contributed by atoms with van der Waals surface area (Å²) >= 11 is 1.62. The summed E-state index contributed by atoms with van der Waals surface area (Å²) in [7, 11) is 1.95. The molecule has 0 aliphatic heterocycles. The van der Waals surface area contributed by atoms with Crippen molar-refractivity contribution < 1.29 is 0 Å². The number of H-pyrrole nitrogens is 1. The second kappa shape index (κ2) is 4.99. The molecule has 0 unspecified atom stereocenters. The Balaban J connectivity index is 1.98. The lowest BCUT2D eigenvalue weighted by Gasteiger charge is -1.94. The molecule has 0 saturated heterocycles. The van der Waals surface area contributed by atoms with Gasteiger partial charge in [0.15, 0.2) is 5.01 Å². The first-order valence-corrected chi connectivity index (χ1v) is 5.68. The molecule has 2 rings (SSSR count). The third-order valence-corrected chi connectivity index (χ3v) is 3.03. The smallest absolute Gasteiger partial charge is 0.165 e. The van der Waals surface area contributed by atoms with E-state index in [4.69, 9.17) is 0 Å². The fourth-order valence-electron chi connectivity index (χ4n) is 1.25. The van der Waals surface area contributed by atoms with Crippen molar-refractivity contribution in [2.24, 2.45) is 0 Å². The van der Waals surface area contributed by atoms with Crippen LogP contribution >= 0.6 is 11.3 Å². The van der Waals surface area contributed by atoms with E-state index in [1.165, 1.54) is 0 Å². The van der Waals surface area contributed by atoms with E-state index in [0.29, 0.717) is 0 Å². The van der Waals surface area contributed by atoms with Gasteiger partial charge in [-0.1, -0.05) is 11.3 Å². The van der Waals surface area contributed by atoms with Gasteiger partial charge in [-0.3, -0.25) is 5.10 Å². The minimum atomic E-state index is 0.909. The van der Waals surface area contributed by atoms with Gasteiger partial charge in [0.05, 0.1) is 5.69 Å². The lowest BCUT2D eigenvalue weighted by Crippen LogP contribution is -2.08. The molecule has 0 aromatic carbocycles. The van der Waals surface area contributed by atoms with Gasteiger partial charge >= 0.3 is 0 Å². The maximum absolute atomic E-state index is 4.14. The average molecular weight is 223 g/mol. The summed E-state index contributed by atoms with van der Waals surface area (Å²) in [5.41, 5.74) is 0.937. The third-order valence-electron chi connectivity index (χ3n) is 2.02. The van der Waals surface area contributed by atoms with Crippen LogP contribution in [0.4, 0.5) is 0 Å². The molecule has 6 heteroatoms. The van der Waals surface area contributed by atoms with E-state index in [1.807, 2.05) is 13.1 Å². The van der Waals surface area contributed by atoms with Gasteiger partial charge in [0.25, 0.3) is 0 Å². The van der Waals surface area contributed by atoms with Crippen molar-refractivity contribution in [1.82, 2.24) is 25.7 Å². The van der Waals surface area contributed by atoms with Crippen molar-refractivity contribution in [2.45, 2.75) is 12.8 Å². The molecule has 0 aliphatic carbocycles. The van der Waals surface area contributed by atoms with Gasteiger partial charge in [0.2, 0.25) is 0 Å². The average Bonchev–Trinajstić information content (AvgIpc) is 2.87. The molecule has 0 saturated carbocycles. The molecule has 0 bridgehead atoms. The lowest BCUT2D eigenvalue weighted by atomic mass is 10.3. The van der Waals surface area contributed by atoms with E-state index in [0.717, 1.165) is 35.1 Å². The molecule has 0 fully saturated rings. The molecule has 2 N–H and O–H groups in total. The molecule has 0 atom stereocenters. The molecule has 0 spiro atoms. The Labute approximate surface area is 91.9 Å². The zero-order valence-electron chi connectivity index (χ0n) is 8.53. The van der Waals surface area contributed by atoms with Crippen molar-refractivity contribution in [3.05, 3.63) is 17.3 Å². The molecular formula is C9H13N5S. The summed E-state index contributed by atoms with van der Waals surface area (Å²) < 4.78 is 0. The van der Waals surface area contributed by atoms with Crippen LogP contribution in [0.15, 0.2) is 12.3 Å². The van der Waals surface area contributed by atoms with Gasteiger partial charge in [-0.15, -0.1) is 10.2 Å². The van der Waals surface area contributed by atoms with Gasteiger partial charge in [0, 0.05) is 12.6 Å². The Morgan fingerprint density at radius 1 is 1.47 bits per heavy atom. The largest absolute Gasteiger partial charge is 0.320 e. The monoisotopic (exact) mass is 223 g/mol. The van der Waals surface area contributed by atoms with Crippen LogP contribution in [-0.2, 0) is 6.42 Å². The van der Waals surface area contributed by atoms with Gasteiger partial charge in [-0.05, 0) is 26.1 Å². The summed E-state index contributed by atoms with van der Waals surface area (Å²) in [6.07, 6.45) is 3.79. The molecular weight excluding hydrogens is 210 g/mol. The normalized spacial score (nSPS) is 10.7. The second-order valence-electron chi connectivity index (χ2n) is 3.18. The van der Waals surface area contributed by atoms with Gasteiger partial charge in [-0.2, -0.15) is 5.10 Å². The molecule has 80 valence electrons. The number of nitrogens with zero attached hydrogens (tertiary/aromatic N) is 3. The van der Waals surface area contributed by atoms with Crippen molar-refractivity contribution in [2.75, 3.05) is 13.6 Å². The summed E-state index contributed by atoms with van der Waals surface area (Å²) in [4.78, 5) is 0. The molecule has 15 heavy (non-hydrogen) atoms. The predicted octanol–water partition coefficient (Wildman–Crippen LogP) is 1.08. The van der Waals surface area contributed by atoms with Gasteiger partial charge in [0.1, 0.15) is 5.01 Å². The number of aryl methyl sites for hydroxylation is 1. The van der Waals surface area contributed by atoms with E-state index in [2.05, 4.69) is 25.7 Å². The molecule has 2 aromatic heterocycles. The molecule has 5 nitrogen and oxygen atoms in total. The zero-order valence-corrected chi connectivity index (χ0v) is 9.34. The molecule has 0 aliphatic rings. The van der Waals surface area contributed by atoms with Crippen molar-refractivity contribution in [1.29, 1.82) is 0 Å². The van der Waals surface area contributed by atoms with Crippen LogP contribution in [0, 0.1) is 0 Å². The summed E-state index contributed by atoms with van der Waals surface area (Å²) in [6, 6.07) is 1.90. The molecule has 2 aromatic rings. The van der Waals surface area contributed by atoms with Crippen molar-refractivity contribution in [3.63, 3.8) is 0 Å². The van der Waals surface area contributed by atoms with Crippen LogP contribution in [0.3, 0.4) is 0 Å². The Kier molecular flexibility index (Phi) is 3.41.